The summed E-state index contributed by atoms with van der Waals surface area (Å²) in [5.41, 5.74) is 1.11. The van der Waals surface area contributed by atoms with Gasteiger partial charge in [0.25, 0.3) is 5.91 Å². The summed E-state index contributed by atoms with van der Waals surface area (Å²) in [7, 11) is -3.20. The molecule has 3 rings (SSSR count). The summed E-state index contributed by atoms with van der Waals surface area (Å²) in [6, 6.07) is 6.27. The van der Waals surface area contributed by atoms with Crippen LogP contribution < -0.4 is 5.32 Å². The first-order valence-corrected chi connectivity index (χ1v) is 8.21. The lowest BCUT2D eigenvalue weighted by Gasteiger charge is -2.16. The molecule has 21 heavy (non-hydrogen) atoms. The van der Waals surface area contributed by atoms with Gasteiger partial charge < -0.3 is 9.84 Å². The minimum atomic E-state index is -3.20. The molecule has 0 saturated carbocycles. The normalized spacial score (nSPS) is 16.2. The van der Waals surface area contributed by atoms with E-state index < -0.39 is 9.84 Å². The fourth-order valence-corrected chi connectivity index (χ4v) is 3.98. The van der Waals surface area contributed by atoms with Crippen LogP contribution in [0.5, 0.6) is 0 Å². The molecule has 7 heteroatoms. The van der Waals surface area contributed by atoms with Gasteiger partial charge in [-0.15, -0.1) is 0 Å². The van der Waals surface area contributed by atoms with Crippen molar-refractivity contribution in [2.75, 3.05) is 11.1 Å². The van der Waals surface area contributed by atoms with Gasteiger partial charge >= 0.3 is 0 Å². The molecule has 1 amide bonds. The van der Waals surface area contributed by atoms with Gasteiger partial charge in [0.15, 0.2) is 15.7 Å². The van der Waals surface area contributed by atoms with Crippen LogP contribution in [0.2, 0.25) is 0 Å². The third-order valence-electron chi connectivity index (χ3n) is 3.39. The Bertz CT molecular complexity index is 808. The first-order valence-electron chi connectivity index (χ1n) is 6.56. The Hall–Kier alpha value is -2.15. The van der Waals surface area contributed by atoms with E-state index in [1.807, 2.05) is 0 Å². The number of carbonyl (C=O) groups is 1. The quantitative estimate of drug-likeness (QED) is 0.916. The standard InChI is InChI=1S/C14H14N2O4S/c1-9-7-13(16-20-9)15-14(17)11-4-5-12-10(8-11)3-2-6-21(12,18)19/h4-5,7-8H,2-3,6H2,1H3,(H,15,16,17). The van der Waals surface area contributed by atoms with Gasteiger partial charge in [-0.1, -0.05) is 5.16 Å². The molecule has 6 nitrogen and oxygen atoms in total. The fraction of sp³-hybridized carbons (Fsp3) is 0.286. The lowest BCUT2D eigenvalue weighted by atomic mass is 10.1. The average Bonchev–Trinajstić information content (AvgIpc) is 2.83. The molecule has 0 bridgehead atoms. The van der Waals surface area contributed by atoms with Crippen molar-refractivity contribution in [1.29, 1.82) is 0 Å². The molecule has 0 fully saturated rings. The third kappa shape index (κ3) is 2.69. The van der Waals surface area contributed by atoms with Crippen LogP contribution in [-0.4, -0.2) is 25.2 Å². The maximum Gasteiger partial charge on any atom is 0.256 e. The number of aryl methyl sites for hydroxylation is 2. The predicted molar refractivity (Wildman–Crippen MR) is 76.0 cm³/mol. The molecule has 1 aromatic heterocycles. The number of sulfone groups is 1. The zero-order chi connectivity index (χ0) is 15.0. The second kappa shape index (κ2) is 5.00. The summed E-state index contributed by atoms with van der Waals surface area (Å²) in [6.07, 6.45) is 1.25. The number of benzene rings is 1. The lowest BCUT2D eigenvalue weighted by molar-refractivity contribution is 0.102. The van der Waals surface area contributed by atoms with Crippen LogP contribution in [0.3, 0.4) is 0 Å². The predicted octanol–water partition coefficient (Wildman–Crippen LogP) is 1.96. The molecule has 1 aliphatic heterocycles. The zero-order valence-corrected chi connectivity index (χ0v) is 12.2. The summed E-state index contributed by atoms with van der Waals surface area (Å²) in [6.45, 7) is 1.73. The Morgan fingerprint density at radius 2 is 2.14 bits per heavy atom. The summed E-state index contributed by atoms with van der Waals surface area (Å²) in [4.78, 5) is 12.5. The molecule has 0 aliphatic carbocycles. The minimum absolute atomic E-state index is 0.170. The maximum atomic E-state index is 12.1. The molecular formula is C14H14N2O4S. The highest BCUT2D eigenvalue weighted by molar-refractivity contribution is 7.91. The van der Waals surface area contributed by atoms with Crippen molar-refractivity contribution in [3.8, 4) is 0 Å². The van der Waals surface area contributed by atoms with Crippen molar-refractivity contribution in [2.24, 2.45) is 0 Å². The molecule has 0 radical (unpaired) electrons. The second-order valence-corrected chi connectivity index (χ2v) is 7.10. The smallest absolute Gasteiger partial charge is 0.256 e. The van der Waals surface area contributed by atoms with Crippen LogP contribution >= 0.6 is 0 Å². The Morgan fingerprint density at radius 3 is 2.86 bits per heavy atom. The molecule has 0 saturated heterocycles. The van der Waals surface area contributed by atoms with Gasteiger partial charge in [-0.2, -0.15) is 0 Å². The van der Waals surface area contributed by atoms with E-state index in [0.717, 1.165) is 0 Å². The third-order valence-corrected chi connectivity index (χ3v) is 5.28. The molecule has 0 spiro atoms. The van der Waals surface area contributed by atoms with Gasteiger partial charge in [0.2, 0.25) is 0 Å². The summed E-state index contributed by atoms with van der Waals surface area (Å²) in [5, 5.41) is 6.30. The number of fused-ring (bicyclic) bond motifs is 1. The van der Waals surface area contributed by atoms with Crippen LogP contribution in [0.15, 0.2) is 33.7 Å². The van der Waals surface area contributed by atoms with Crippen LogP contribution in [0, 0.1) is 6.92 Å². The highest BCUT2D eigenvalue weighted by Gasteiger charge is 2.24. The molecule has 1 aliphatic rings. The van der Waals surface area contributed by atoms with Crippen molar-refractivity contribution >= 4 is 21.6 Å². The number of carbonyl (C=O) groups excluding carboxylic acids is 1. The zero-order valence-electron chi connectivity index (χ0n) is 11.4. The lowest BCUT2D eigenvalue weighted by Crippen LogP contribution is -2.18. The number of hydrogen-bond acceptors (Lipinski definition) is 5. The van der Waals surface area contributed by atoms with Crippen LogP contribution in [0.1, 0.15) is 28.1 Å². The van der Waals surface area contributed by atoms with E-state index in [-0.39, 0.29) is 11.7 Å². The fourth-order valence-electron chi connectivity index (χ4n) is 2.40. The number of anilines is 1. The Morgan fingerprint density at radius 1 is 1.33 bits per heavy atom. The largest absolute Gasteiger partial charge is 0.360 e. The molecular weight excluding hydrogens is 292 g/mol. The van der Waals surface area contributed by atoms with Gasteiger partial charge in [0.1, 0.15) is 5.76 Å². The number of rotatable bonds is 2. The Kier molecular flexibility index (Phi) is 3.29. The molecule has 1 N–H and O–H groups in total. The molecule has 2 heterocycles. The molecule has 2 aromatic rings. The van der Waals surface area contributed by atoms with Crippen LogP contribution in [0.4, 0.5) is 5.82 Å². The first-order chi connectivity index (χ1) is 9.95. The molecule has 0 unspecified atom stereocenters. The van der Waals surface area contributed by atoms with E-state index in [1.165, 1.54) is 12.1 Å². The highest BCUT2D eigenvalue weighted by atomic mass is 32.2. The van der Waals surface area contributed by atoms with Gasteiger partial charge in [0.05, 0.1) is 10.6 Å². The maximum absolute atomic E-state index is 12.1. The molecule has 110 valence electrons. The van der Waals surface area contributed by atoms with Crippen molar-refractivity contribution in [1.82, 2.24) is 5.16 Å². The molecule has 1 aromatic carbocycles. The Labute approximate surface area is 122 Å². The van der Waals surface area contributed by atoms with Crippen molar-refractivity contribution in [2.45, 2.75) is 24.7 Å². The number of hydrogen-bond donors (Lipinski definition) is 1. The van der Waals surface area contributed by atoms with E-state index >= 15 is 0 Å². The summed E-state index contributed by atoms with van der Waals surface area (Å²) >= 11 is 0. The SMILES string of the molecule is Cc1cc(NC(=O)c2ccc3c(c2)CCCS3(=O)=O)no1. The van der Waals surface area contributed by atoms with Crippen molar-refractivity contribution in [3.63, 3.8) is 0 Å². The molecule has 0 atom stereocenters. The number of nitrogens with one attached hydrogen (secondary N) is 1. The van der Waals surface area contributed by atoms with E-state index in [2.05, 4.69) is 10.5 Å². The summed E-state index contributed by atoms with van der Waals surface area (Å²) < 4.78 is 28.7. The monoisotopic (exact) mass is 306 g/mol. The van der Waals surface area contributed by atoms with E-state index in [9.17, 15) is 13.2 Å². The highest BCUT2D eigenvalue weighted by Crippen LogP contribution is 2.26. The number of aromatic nitrogens is 1. The second-order valence-electron chi connectivity index (χ2n) is 5.02. The van der Waals surface area contributed by atoms with E-state index in [0.29, 0.717) is 40.4 Å². The Balaban J connectivity index is 1.88. The first kappa shape index (κ1) is 13.8. The van der Waals surface area contributed by atoms with E-state index in [1.54, 1.807) is 19.1 Å². The number of nitrogens with zero attached hydrogens (tertiary/aromatic N) is 1. The van der Waals surface area contributed by atoms with Crippen LogP contribution in [-0.2, 0) is 16.3 Å². The van der Waals surface area contributed by atoms with Crippen molar-refractivity contribution < 1.29 is 17.7 Å². The van der Waals surface area contributed by atoms with Crippen molar-refractivity contribution in [3.05, 3.63) is 41.2 Å². The van der Waals surface area contributed by atoms with Gasteiger partial charge in [-0.05, 0) is 43.5 Å². The topological polar surface area (TPSA) is 89.3 Å². The van der Waals surface area contributed by atoms with Gasteiger partial charge in [-0.3, -0.25) is 4.79 Å². The summed E-state index contributed by atoms with van der Waals surface area (Å²) in [5.74, 6) is 0.766. The van der Waals surface area contributed by atoms with E-state index in [4.69, 9.17) is 4.52 Å². The number of amides is 1. The minimum Gasteiger partial charge on any atom is -0.360 e. The average molecular weight is 306 g/mol. The van der Waals surface area contributed by atoms with Gasteiger partial charge in [-0.25, -0.2) is 8.42 Å². The van der Waals surface area contributed by atoms with Crippen LogP contribution in [0.25, 0.3) is 0 Å². The van der Waals surface area contributed by atoms with Gasteiger partial charge in [0, 0.05) is 11.6 Å².